The minimum Gasteiger partial charge on any atom is -0.338 e. The van der Waals surface area contributed by atoms with Crippen molar-refractivity contribution in [2.24, 2.45) is 0 Å². The third-order valence-electron chi connectivity index (χ3n) is 4.72. The summed E-state index contributed by atoms with van der Waals surface area (Å²) in [6.45, 7) is 1.16. The zero-order valence-electron chi connectivity index (χ0n) is 14.0. The van der Waals surface area contributed by atoms with E-state index in [0.29, 0.717) is 18.7 Å². The van der Waals surface area contributed by atoms with Crippen LogP contribution in [0.15, 0.2) is 48.7 Å². The molecule has 2 aromatic heterocycles. The third kappa shape index (κ3) is 2.90. The number of carbonyl (C=O) groups excluding carboxylic acids is 1. The number of carbonyl (C=O) groups is 1. The number of aromatic nitrogens is 3. The van der Waals surface area contributed by atoms with E-state index >= 15 is 0 Å². The highest BCUT2D eigenvalue weighted by atomic mass is 16.6. The molecular weight excluding hydrogens is 334 g/mol. The minimum absolute atomic E-state index is 0.0761. The molecule has 3 aromatic rings. The Kier molecular flexibility index (Phi) is 4.08. The first kappa shape index (κ1) is 16.2. The molecular formula is C18H17N5O3. The lowest BCUT2D eigenvalue weighted by atomic mass is 9.96. The van der Waals surface area contributed by atoms with Crippen LogP contribution in [0.3, 0.4) is 0 Å². The van der Waals surface area contributed by atoms with Gasteiger partial charge in [-0.25, -0.2) is 0 Å². The van der Waals surface area contributed by atoms with Crippen LogP contribution in [0.2, 0.25) is 0 Å². The number of nitro benzene ring substituents is 1. The zero-order chi connectivity index (χ0) is 18.1. The van der Waals surface area contributed by atoms with Crippen LogP contribution >= 0.6 is 0 Å². The van der Waals surface area contributed by atoms with Crippen LogP contribution in [0.4, 0.5) is 5.69 Å². The maximum absolute atomic E-state index is 12.8. The van der Waals surface area contributed by atoms with Gasteiger partial charge in [-0.2, -0.15) is 0 Å². The van der Waals surface area contributed by atoms with E-state index in [-0.39, 0.29) is 17.5 Å². The average Bonchev–Trinajstić information content (AvgIpc) is 3.12. The molecule has 1 aromatic carbocycles. The van der Waals surface area contributed by atoms with Crippen molar-refractivity contribution in [3.63, 3.8) is 0 Å². The number of hydrogen-bond acceptors (Lipinski definition) is 5. The lowest BCUT2D eigenvalue weighted by Gasteiger charge is -2.32. The van der Waals surface area contributed by atoms with Gasteiger partial charge < -0.3 is 4.90 Å². The van der Waals surface area contributed by atoms with Gasteiger partial charge in [0.2, 0.25) is 0 Å². The first-order chi connectivity index (χ1) is 12.6. The van der Waals surface area contributed by atoms with Crippen LogP contribution in [0, 0.1) is 10.1 Å². The average molecular weight is 351 g/mol. The maximum atomic E-state index is 12.8. The number of likely N-dealkylation sites (tertiary alicyclic amines) is 1. The summed E-state index contributed by atoms with van der Waals surface area (Å²) in [5.74, 6) is 0.744. The van der Waals surface area contributed by atoms with Gasteiger partial charge >= 0.3 is 0 Å². The number of benzene rings is 1. The summed E-state index contributed by atoms with van der Waals surface area (Å²) in [5, 5.41) is 19.4. The molecule has 1 saturated heterocycles. The monoisotopic (exact) mass is 351 g/mol. The molecule has 1 amide bonds. The molecule has 8 nitrogen and oxygen atoms in total. The first-order valence-corrected chi connectivity index (χ1v) is 8.47. The second kappa shape index (κ2) is 6.55. The second-order valence-corrected chi connectivity index (χ2v) is 6.38. The van der Waals surface area contributed by atoms with Gasteiger partial charge in [-0.05, 0) is 31.0 Å². The molecule has 0 saturated carbocycles. The number of hydrogen-bond donors (Lipinski definition) is 0. The Hall–Kier alpha value is -3.29. The largest absolute Gasteiger partial charge is 0.338 e. The van der Waals surface area contributed by atoms with E-state index in [1.54, 1.807) is 17.0 Å². The van der Waals surface area contributed by atoms with Gasteiger partial charge in [0.1, 0.15) is 5.82 Å². The molecule has 1 atom stereocenters. The summed E-state index contributed by atoms with van der Waals surface area (Å²) < 4.78 is 1.95. The summed E-state index contributed by atoms with van der Waals surface area (Å²) in [6, 6.07) is 11.6. The summed E-state index contributed by atoms with van der Waals surface area (Å²) in [7, 11) is 0. The molecule has 26 heavy (non-hydrogen) atoms. The predicted molar refractivity (Wildman–Crippen MR) is 94.0 cm³/mol. The number of fused-ring (bicyclic) bond motifs is 1. The number of nitro groups is 1. The van der Waals surface area contributed by atoms with Crippen molar-refractivity contribution >= 4 is 17.2 Å². The van der Waals surface area contributed by atoms with Crippen molar-refractivity contribution in [3.05, 3.63) is 70.2 Å². The van der Waals surface area contributed by atoms with E-state index < -0.39 is 4.92 Å². The molecule has 0 bridgehead atoms. The Bertz CT molecular complexity index is 984. The molecule has 8 heteroatoms. The van der Waals surface area contributed by atoms with Crippen molar-refractivity contribution < 1.29 is 9.72 Å². The van der Waals surface area contributed by atoms with Crippen LogP contribution in [0.25, 0.3) is 5.65 Å². The van der Waals surface area contributed by atoms with Gasteiger partial charge in [-0.1, -0.05) is 12.1 Å². The highest BCUT2D eigenvalue weighted by Crippen LogP contribution is 2.27. The van der Waals surface area contributed by atoms with E-state index in [9.17, 15) is 14.9 Å². The highest BCUT2D eigenvalue weighted by Gasteiger charge is 2.28. The molecule has 3 heterocycles. The normalized spacial score (nSPS) is 17.4. The van der Waals surface area contributed by atoms with Crippen molar-refractivity contribution in [2.75, 3.05) is 13.1 Å². The Morgan fingerprint density at radius 3 is 2.92 bits per heavy atom. The van der Waals surface area contributed by atoms with Crippen molar-refractivity contribution in [2.45, 2.75) is 18.8 Å². The number of pyridine rings is 1. The Balaban J connectivity index is 1.58. The Morgan fingerprint density at radius 2 is 2.08 bits per heavy atom. The Labute approximate surface area is 149 Å². The molecule has 1 aliphatic rings. The van der Waals surface area contributed by atoms with Crippen LogP contribution in [0.5, 0.6) is 0 Å². The van der Waals surface area contributed by atoms with Crippen LogP contribution in [-0.2, 0) is 0 Å². The lowest BCUT2D eigenvalue weighted by Crippen LogP contribution is -2.39. The van der Waals surface area contributed by atoms with E-state index in [2.05, 4.69) is 10.2 Å². The van der Waals surface area contributed by atoms with Crippen LogP contribution in [-0.4, -0.2) is 43.4 Å². The van der Waals surface area contributed by atoms with E-state index in [0.717, 1.165) is 24.3 Å². The third-order valence-corrected chi connectivity index (χ3v) is 4.72. The standard InChI is InChI=1S/C18H17N5O3/c24-18(13-5-3-7-15(11-13)23(25)26)21-9-4-6-14(12-21)17-20-19-16-8-1-2-10-22(16)17/h1-3,5,7-8,10-11,14H,4,6,9,12H2/t14-/m0/s1. The molecule has 0 spiro atoms. The molecule has 0 radical (unpaired) electrons. The number of rotatable bonds is 3. The van der Waals surface area contributed by atoms with Gasteiger partial charge in [-0.15, -0.1) is 10.2 Å². The second-order valence-electron chi connectivity index (χ2n) is 6.38. The summed E-state index contributed by atoms with van der Waals surface area (Å²) >= 11 is 0. The highest BCUT2D eigenvalue weighted by molar-refractivity contribution is 5.95. The quantitative estimate of drug-likeness (QED) is 0.534. The molecule has 4 rings (SSSR count). The molecule has 0 unspecified atom stereocenters. The maximum Gasteiger partial charge on any atom is 0.270 e. The van der Waals surface area contributed by atoms with Gasteiger partial charge in [0.15, 0.2) is 5.65 Å². The number of non-ortho nitro benzene ring substituents is 1. The number of amides is 1. The fourth-order valence-electron chi connectivity index (χ4n) is 3.45. The van der Waals surface area contributed by atoms with Crippen LogP contribution < -0.4 is 0 Å². The van der Waals surface area contributed by atoms with Crippen LogP contribution in [0.1, 0.15) is 34.9 Å². The first-order valence-electron chi connectivity index (χ1n) is 8.47. The molecule has 132 valence electrons. The van der Waals surface area contributed by atoms with Gasteiger partial charge in [-0.3, -0.25) is 19.3 Å². The SMILES string of the molecule is O=C(c1cccc([N+](=O)[O-])c1)N1CCC[C@H](c2nnc3ccccn23)C1. The molecule has 1 aliphatic heterocycles. The number of nitrogens with zero attached hydrogens (tertiary/aromatic N) is 5. The van der Waals surface area contributed by atoms with E-state index in [1.807, 2.05) is 28.8 Å². The van der Waals surface area contributed by atoms with Crippen molar-refractivity contribution in [3.8, 4) is 0 Å². The lowest BCUT2D eigenvalue weighted by molar-refractivity contribution is -0.384. The zero-order valence-corrected chi connectivity index (χ0v) is 14.0. The molecule has 1 fully saturated rings. The summed E-state index contributed by atoms with van der Waals surface area (Å²) in [6.07, 6.45) is 3.70. The summed E-state index contributed by atoms with van der Waals surface area (Å²) in [4.78, 5) is 25.0. The van der Waals surface area contributed by atoms with Crippen molar-refractivity contribution in [1.82, 2.24) is 19.5 Å². The molecule has 0 N–H and O–H groups in total. The van der Waals surface area contributed by atoms with E-state index in [4.69, 9.17) is 0 Å². The van der Waals surface area contributed by atoms with Gasteiger partial charge in [0, 0.05) is 42.9 Å². The fraction of sp³-hybridized carbons (Fsp3) is 0.278. The Morgan fingerprint density at radius 1 is 1.19 bits per heavy atom. The smallest absolute Gasteiger partial charge is 0.270 e. The van der Waals surface area contributed by atoms with E-state index in [1.165, 1.54) is 12.1 Å². The van der Waals surface area contributed by atoms with Crippen molar-refractivity contribution in [1.29, 1.82) is 0 Å². The predicted octanol–water partition coefficient (Wildman–Crippen LogP) is 2.66. The molecule has 0 aliphatic carbocycles. The summed E-state index contributed by atoms with van der Waals surface area (Å²) in [5.41, 5.74) is 1.04. The van der Waals surface area contributed by atoms with Gasteiger partial charge in [0.05, 0.1) is 4.92 Å². The minimum atomic E-state index is -0.488. The topological polar surface area (TPSA) is 93.6 Å². The fourth-order valence-corrected chi connectivity index (χ4v) is 3.45. The van der Waals surface area contributed by atoms with Gasteiger partial charge in [0.25, 0.3) is 11.6 Å². The number of piperidine rings is 1.